The topological polar surface area (TPSA) is 39.1 Å². The van der Waals surface area contributed by atoms with E-state index in [1.54, 1.807) is 0 Å². The first-order valence-electron chi connectivity index (χ1n) is 7.59. The second-order valence-electron chi connectivity index (χ2n) is 6.20. The number of nitrogens with zero attached hydrogens (tertiary/aromatic N) is 2. The van der Waals surface area contributed by atoms with E-state index in [4.69, 9.17) is 0 Å². The summed E-state index contributed by atoms with van der Waals surface area (Å²) < 4.78 is 0. The van der Waals surface area contributed by atoms with Gasteiger partial charge in [0.15, 0.2) is 0 Å². The lowest BCUT2D eigenvalue weighted by atomic mass is 9.78. The Morgan fingerprint density at radius 1 is 1.28 bits per heavy atom. The van der Waals surface area contributed by atoms with Gasteiger partial charge in [-0.25, -0.2) is 0 Å². The van der Waals surface area contributed by atoms with Gasteiger partial charge in [-0.2, -0.15) is 5.26 Å². The Kier molecular flexibility index (Phi) is 4.64. The molecule has 3 atom stereocenters. The molecule has 0 radical (unpaired) electrons. The largest absolute Gasteiger partial charge is 0.299 e. The first-order chi connectivity index (χ1) is 8.68. The van der Waals surface area contributed by atoms with Gasteiger partial charge in [0.1, 0.15) is 5.54 Å². The van der Waals surface area contributed by atoms with Crippen molar-refractivity contribution >= 4 is 0 Å². The molecular weight excluding hydrogens is 222 g/mol. The van der Waals surface area contributed by atoms with Gasteiger partial charge < -0.3 is 0 Å². The van der Waals surface area contributed by atoms with Crippen molar-refractivity contribution in [2.75, 3.05) is 19.6 Å². The van der Waals surface area contributed by atoms with Crippen LogP contribution in [0.15, 0.2) is 0 Å². The molecule has 2 aliphatic rings. The van der Waals surface area contributed by atoms with E-state index < -0.39 is 0 Å². The van der Waals surface area contributed by atoms with Crippen molar-refractivity contribution < 1.29 is 0 Å². The summed E-state index contributed by atoms with van der Waals surface area (Å²) in [4.78, 5) is 2.60. The predicted octanol–water partition coefficient (Wildman–Crippen LogP) is 2.53. The zero-order valence-electron chi connectivity index (χ0n) is 11.9. The first-order valence-corrected chi connectivity index (χ1v) is 7.59. The molecule has 1 aliphatic carbocycles. The Balaban J connectivity index is 2.00. The molecule has 3 unspecified atom stereocenters. The third kappa shape index (κ3) is 3.05. The number of rotatable bonds is 4. The molecule has 3 nitrogen and oxygen atoms in total. The lowest BCUT2D eigenvalue weighted by Gasteiger charge is -2.46. The fourth-order valence-corrected chi connectivity index (χ4v) is 3.85. The van der Waals surface area contributed by atoms with E-state index in [-0.39, 0.29) is 5.54 Å². The summed E-state index contributed by atoms with van der Waals surface area (Å²) >= 11 is 0. The molecule has 0 aromatic rings. The standard InChI is InChI=1S/C15H27N3/c1-3-17-15(2,11-16)12-18-10-6-8-13-7-4-5-9-14(13)18/h13-14,17H,3-10,12H2,1-2H3. The molecule has 3 heteroatoms. The number of nitriles is 1. The molecular formula is C15H27N3. The Labute approximate surface area is 112 Å². The number of likely N-dealkylation sites (tertiary alicyclic amines) is 1. The zero-order valence-corrected chi connectivity index (χ0v) is 11.9. The highest BCUT2D eigenvalue weighted by Crippen LogP contribution is 2.35. The van der Waals surface area contributed by atoms with Gasteiger partial charge in [0, 0.05) is 12.6 Å². The van der Waals surface area contributed by atoms with Crippen LogP contribution in [0.5, 0.6) is 0 Å². The molecule has 1 saturated carbocycles. The SMILES string of the molecule is CCNC(C)(C#N)CN1CCCC2CCCCC21. The molecule has 18 heavy (non-hydrogen) atoms. The predicted molar refractivity (Wildman–Crippen MR) is 74.2 cm³/mol. The summed E-state index contributed by atoms with van der Waals surface area (Å²) in [5.74, 6) is 0.900. The van der Waals surface area contributed by atoms with Crippen LogP contribution >= 0.6 is 0 Å². The molecule has 0 aromatic heterocycles. The van der Waals surface area contributed by atoms with Gasteiger partial charge in [0.05, 0.1) is 6.07 Å². The van der Waals surface area contributed by atoms with E-state index in [1.165, 1.54) is 45.1 Å². The molecule has 1 heterocycles. The Morgan fingerprint density at radius 3 is 2.72 bits per heavy atom. The van der Waals surface area contributed by atoms with Crippen molar-refractivity contribution in [3.05, 3.63) is 0 Å². The monoisotopic (exact) mass is 249 g/mol. The van der Waals surface area contributed by atoms with Crippen molar-refractivity contribution in [3.63, 3.8) is 0 Å². The van der Waals surface area contributed by atoms with Crippen LogP contribution in [-0.2, 0) is 0 Å². The minimum absolute atomic E-state index is 0.381. The number of fused-ring (bicyclic) bond motifs is 1. The third-order valence-corrected chi connectivity index (χ3v) is 4.69. The van der Waals surface area contributed by atoms with E-state index in [9.17, 15) is 5.26 Å². The quantitative estimate of drug-likeness (QED) is 0.832. The minimum atomic E-state index is -0.381. The smallest absolute Gasteiger partial charge is 0.116 e. The van der Waals surface area contributed by atoms with Gasteiger partial charge in [0.2, 0.25) is 0 Å². The van der Waals surface area contributed by atoms with Crippen LogP contribution in [0.1, 0.15) is 52.4 Å². The fraction of sp³-hybridized carbons (Fsp3) is 0.933. The number of piperidine rings is 1. The van der Waals surface area contributed by atoms with Crippen LogP contribution in [0.3, 0.4) is 0 Å². The molecule has 0 amide bonds. The summed E-state index contributed by atoms with van der Waals surface area (Å²) in [6.45, 7) is 7.06. The van der Waals surface area contributed by atoms with Crippen LogP contribution < -0.4 is 5.32 Å². The molecule has 1 aliphatic heterocycles. The Morgan fingerprint density at radius 2 is 2.00 bits per heavy atom. The van der Waals surface area contributed by atoms with Gasteiger partial charge in [0.25, 0.3) is 0 Å². The molecule has 0 bridgehead atoms. The minimum Gasteiger partial charge on any atom is -0.299 e. The molecule has 102 valence electrons. The highest BCUT2D eigenvalue weighted by molar-refractivity contribution is 5.07. The van der Waals surface area contributed by atoms with Crippen molar-refractivity contribution in [1.29, 1.82) is 5.26 Å². The van der Waals surface area contributed by atoms with Gasteiger partial charge in [-0.1, -0.05) is 19.8 Å². The lowest BCUT2D eigenvalue weighted by molar-refractivity contribution is 0.0470. The number of hydrogen-bond donors (Lipinski definition) is 1. The normalized spacial score (nSPS) is 32.3. The Bertz CT molecular complexity index is 307. The zero-order chi connectivity index (χ0) is 13.0. The first kappa shape index (κ1) is 13.8. The molecule has 0 spiro atoms. The summed E-state index contributed by atoms with van der Waals surface area (Å²) in [6, 6.07) is 3.22. The van der Waals surface area contributed by atoms with Gasteiger partial charge in [-0.15, -0.1) is 0 Å². The highest BCUT2D eigenvalue weighted by atomic mass is 15.2. The van der Waals surface area contributed by atoms with Crippen molar-refractivity contribution in [1.82, 2.24) is 10.2 Å². The molecule has 2 fully saturated rings. The summed E-state index contributed by atoms with van der Waals surface area (Å²) in [6.07, 6.45) is 8.27. The highest BCUT2D eigenvalue weighted by Gasteiger charge is 2.36. The van der Waals surface area contributed by atoms with E-state index in [1.807, 2.05) is 6.92 Å². The van der Waals surface area contributed by atoms with E-state index in [0.29, 0.717) is 0 Å². The number of hydrogen-bond acceptors (Lipinski definition) is 3. The number of likely N-dealkylation sites (N-methyl/N-ethyl adjacent to an activating group) is 1. The van der Waals surface area contributed by atoms with Crippen LogP contribution in [0, 0.1) is 17.2 Å². The van der Waals surface area contributed by atoms with E-state index >= 15 is 0 Å². The van der Waals surface area contributed by atoms with E-state index in [0.717, 1.165) is 25.0 Å². The third-order valence-electron chi connectivity index (χ3n) is 4.69. The second kappa shape index (κ2) is 6.04. The van der Waals surface area contributed by atoms with Crippen molar-refractivity contribution in [2.24, 2.45) is 5.92 Å². The summed E-state index contributed by atoms with van der Waals surface area (Å²) in [5, 5.41) is 12.8. The van der Waals surface area contributed by atoms with Crippen molar-refractivity contribution in [3.8, 4) is 6.07 Å². The van der Waals surface area contributed by atoms with E-state index in [2.05, 4.69) is 23.2 Å². The summed E-state index contributed by atoms with van der Waals surface area (Å²) in [5.41, 5.74) is -0.381. The van der Waals surface area contributed by atoms with Crippen LogP contribution in [0.2, 0.25) is 0 Å². The second-order valence-corrected chi connectivity index (χ2v) is 6.20. The maximum Gasteiger partial charge on any atom is 0.116 e. The maximum absolute atomic E-state index is 9.40. The van der Waals surface area contributed by atoms with Crippen molar-refractivity contribution in [2.45, 2.75) is 64.0 Å². The lowest BCUT2D eigenvalue weighted by Crippen LogP contribution is -2.56. The van der Waals surface area contributed by atoms with Gasteiger partial charge >= 0.3 is 0 Å². The Hall–Kier alpha value is -0.590. The molecule has 1 saturated heterocycles. The average molecular weight is 249 g/mol. The van der Waals surface area contributed by atoms with Gasteiger partial charge in [-0.3, -0.25) is 10.2 Å². The summed E-state index contributed by atoms with van der Waals surface area (Å²) in [7, 11) is 0. The van der Waals surface area contributed by atoms with Gasteiger partial charge in [-0.05, 0) is 51.6 Å². The fourth-order valence-electron chi connectivity index (χ4n) is 3.85. The molecule has 0 aromatic carbocycles. The average Bonchev–Trinajstić information content (AvgIpc) is 2.39. The molecule has 1 N–H and O–H groups in total. The van der Waals surface area contributed by atoms with Crippen LogP contribution in [0.25, 0.3) is 0 Å². The maximum atomic E-state index is 9.40. The number of nitrogens with one attached hydrogen (secondary N) is 1. The molecule has 2 rings (SSSR count). The van der Waals surface area contributed by atoms with Crippen LogP contribution in [-0.4, -0.2) is 36.1 Å². The van der Waals surface area contributed by atoms with Crippen LogP contribution in [0.4, 0.5) is 0 Å².